The molecular weight excluding hydrogens is 257 g/mol. The quantitative estimate of drug-likeness (QED) is 0.823. The first-order valence-corrected chi connectivity index (χ1v) is 7.29. The average Bonchev–Trinajstić information content (AvgIpc) is 2.23. The molecule has 0 saturated heterocycles. The summed E-state index contributed by atoms with van der Waals surface area (Å²) in [5, 5.41) is 0.319. The molecule has 0 amide bonds. The second-order valence-corrected chi connectivity index (χ2v) is 6.47. The molecule has 6 heteroatoms. The molecule has 96 valence electrons. The number of benzene rings is 1. The summed E-state index contributed by atoms with van der Waals surface area (Å²) in [6.07, 6.45) is 2.51. The van der Waals surface area contributed by atoms with Crippen LogP contribution in [-0.4, -0.2) is 19.2 Å². The standard InChI is InChI=1S/C12H12FNO3S/c1-14-6-8(7-18(2,16)17)12(15)10-4-3-9(13)5-11(10)14/h3-6H,7H2,1-2H3. The SMILES string of the molecule is Cn1cc(CS(C)(=O)=O)c(=O)c2ccc(F)cc21. The smallest absolute Gasteiger partial charge is 0.193 e. The number of halogens is 1. The molecule has 1 aromatic heterocycles. The number of fused-ring (bicyclic) bond motifs is 1. The Morgan fingerprint density at radius 3 is 2.61 bits per heavy atom. The van der Waals surface area contributed by atoms with Crippen molar-refractivity contribution in [1.82, 2.24) is 4.57 Å². The van der Waals surface area contributed by atoms with E-state index in [2.05, 4.69) is 0 Å². The minimum absolute atomic E-state index is 0.194. The Labute approximate surface area is 104 Å². The first-order valence-electron chi connectivity index (χ1n) is 5.23. The molecule has 0 aliphatic heterocycles. The Bertz CT molecular complexity index is 778. The fraction of sp³-hybridized carbons (Fsp3) is 0.250. The van der Waals surface area contributed by atoms with E-state index in [0.29, 0.717) is 10.9 Å². The number of pyridine rings is 1. The number of aromatic nitrogens is 1. The predicted molar refractivity (Wildman–Crippen MR) is 67.7 cm³/mol. The maximum Gasteiger partial charge on any atom is 0.193 e. The molecule has 0 aliphatic carbocycles. The Hall–Kier alpha value is -1.69. The lowest BCUT2D eigenvalue weighted by Gasteiger charge is -2.08. The van der Waals surface area contributed by atoms with Crippen LogP contribution in [0.3, 0.4) is 0 Å². The first kappa shape index (κ1) is 12.8. The number of aryl methyl sites for hydroxylation is 1. The molecule has 0 N–H and O–H groups in total. The molecule has 1 aromatic carbocycles. The topological polar surface area (TPSA) is 56.1 Å². The van der Waals surface area contributed by atoms with Gasteiger partial charge in [0, 0.05) is 30.4 Å². The molecule has 2 rings (SSSR count). The van der Waals surface area contributed by atoms with E-state index in [-0.39, 0.29) is 16.7 Å². The fourth-order valence-corrected chi connectivity index (χ4v) is 2.68. The molecule has 2 aromatic rings. The van der Waals surface area contributed by atoms with Crippen LogP contribution in [0.1, 0.15) is 5.56 Å². The van der Waals surface area contributed by atoms with Crippen molar-refractivity contribution < 1.29 is 12.8 Å². The van der Waals surface area contributed by atoms with Gasteiger partial charge in [-0.15, -0.1) is 0 Å². The van der Waals surface area contributed by atoms with Gasteiger partial charge >= 0.3 is 0 Å². The molecule has 1 heterocycles. The van der Waals surface area contributed by atoms with Crippen molar-refractivity contribution in [1.29, 1.82) is 0 Å². The van der Waals surface area contributed by atoms with Crippen LogP contribution in [0.4, 0.5) is 4.39 Å². The van der Waals surface area contributed by atoms with Crippen molar-refractivity contribution in [2.24, 2.45) is 7.05 Å². The van der Waals surface area contributed by atoms with E-state index < -0.39 is 15.7 Å². The first-order chi connectivity index (χ1) is 8.28. The second-order valence-electron chi connectivity index (χ2n) is 4.33. The molecule has 18 heavy (non-hydrogen) atoms. The lowest BCUT2D eigenvalue weighted by atomic mass is 10.1. The summed E-state index contributed by atoms with van der Waals surface area (Å²) in [6.45, 7) is 0. The minimum atomic E-state index is -3.28. The normalized spacial score (nSPS) is 11.9. The van der Waals surface area contributed by atoms with Crippen LogP contribution < -0.4 is 5.43 Å². The lowest BCUT2D eigenvalue weighted by Crippen LogP contribution is -2.16. The summed E-state index contributed by atoms with van der Waals surface area (Å²) < 4.78 is 37.2. The zero-order chi connectivity index (χ0) is 13.5. The summed E-state index contributed by atoms with van der Waals surface area (Å²) >= 11 is 0. The highest BCUT2D eigenvalue weighted by molar-refractivity contribution is 7.89. The van der Waals surface area contributed by atoms with Gasteiger partial charge in [0.25, 0.3) is 0 Å². The third-order valence-electron chi connectivity index (χ3n) is 2.64. The number of rotatable bonds is 2. The van der Waals surface area contributed by atoms with E-state index in [0.717, 1.165) is 6.26 Å². The molecular formula is C12H12FNO3S. The van der Waals surface area contributed by atoms with E-state index in [4.69, 9.17) is 0 Å². The van der Waals surface area contributed by atoms with Gasteiger partial charge in [0.1, 0.15) is 5.82 Å². The predicted octanol–water partition coefficient (Wildman–Crippen LogP) is 1.22. The summed E-state index contributed by atoms with van der Waals surface area (Å²) in [5.74, 6) is -0.749. The molecule has 0 bridgehead atoms. The third-order valence-corrected chi connectivity index (χ3v) is 3.48. The summed E-state index contributed by atoms with van der Waals surface area (Å²) in [4.78, 5) is 12.1. The molecule has 0 radical (unpaired) electrons. The highest BCUT2D eigenvalue weighted by Gasteiger charge is 2.12. The lowest BCUT2D eigenvalue weighted by molar-refractivity contribution is 0.600. The van der Waals surface area contributed by atoms with Crippen molar-refractivity contribution in [2.75, 3.05) is 6.26 Å². The molecule has 0 unspecified atom stereocenters. The van der Waals surface area contributed by atoms with Gasteiger partial charge in [-0.3, -0.25) is 4.79 Å². The molecule has 0 saturated carbocycles. The maximum absolute atomic E-state index is 13.1. The van der Waals surface area contributed by atoms with Gasteiger partial charge in [-0.1, -0.05) is 0 Å². The average molecular weight is 269 g/mol. The van der Waals surface area contributed by atoms with Crippen molar-refractivity contribution >= 4 is 20.7 Å². The molecule has 0 atom stereocenters. The third kappa shape index (κ3) is 2.43. The van der Waals surface area contributed by atoms with E-state index in [1.54, 1.807) is 11.6 Å². The van der Waals surface area contributed by atoms with Crippen molar-refractivity contribution in [2.45, 2.75) is 5.75 Å². The second kappa shape index (κ2) is 4.20. The van der Waals surface area contributed by atoms with E-state index in [1.165, 1.54) is 24.4 Å². The number of sulfone groups is 1. The Morgan fingerprint density at radius 1 is 1.33 bits per heavy atom. The van der Waals surface area contributed by atoms with Crippen LogP contribution in [-0.2, 0) is 22.6 Å². The van der Waals surface area contributed by atoms with Crippen LogP contribution in [0.25, 0.3) is 10.9 Å². The zero-order valence-corrected chi connectivity index (χ0v) is 10.8. The summed E-state index contributed by atoms with van der Waals surface area (Å²) in [6, 6.07) is 3.81. The van der Waals surface area contributed by atoms with Crippen LogP contribution in [0, 0.1) is 5.82 Å². The largest absolute Gasteiger partial charge is 0.350 e. The molecule has 0 fully saturated rings. The number of hydrogen-bond acceptors (Lipinski definition) is 3. The highest BCUT2D eigenvalue weighted by atomic mass is 32.2. The Balaban J connectivity index is 2.77. The number of nitrogens with zero attached hydrogens (tertiary/aromatic N) is 1. The molecule has 0 aliphatic rings. The van der Waals surface area contributed by atoms with Gasteiger partial charge in [0.15, 0.2) is 15.3 Å². The zero-order valence-electron chi connectivity index (χ0n) is 9.97. The van der Waals surface area contributed by atoms with Crippen LogP contribution in [0.5, 0.6) is 0 Å². The Kier molecular flexibility index (Phi) is 2.98. The van der Waals surface area contributed by atoms with E-state index in [1.807, 2.05) is 0 Å². The summed E-state index contributed by atoms with van der Waals surface area (Å²) in [7, 11) is -1.63. The van der Waals surface area contributed by atoms with Gasteiger partial charge in [-0.2, -0.15) is 0 Å². The van der Waals surface area contributed by atoms with Crippen molar-refractivity contribution in [3.8, 4) is 0 Å². The van der Waals surface area contributed by atoms with Gasteiger partial charge < -0.3 is 4.57 Å². The van der Waals surface area contributed by atoms with E-state index in [9.17, 15) is 17.6 Å². The van der Waals surface area contributed by atoms with Crippen LogP contribution in [0.15, 0.2) is 29.2 Å². The van der Waals surface area contributed by atoms with Gasteiger partial charge in [-0.05, 0) is 18.2 Å². The summed E-state index contributed by atoms with van der Waals surface area (Å²) in [5.41, 5.74) is 0.268. The van der Waals surface area contributed by atoms with Gasteiger partial charge in [0.2, 0.25) is 0 Å². The van der Waals surface area contributed by atoms with Crippen molar-refractivity contribution in [3.05, 3.63) is 46.0 Å². The van der Waals surface area contributed by atoms with Gasteiger partial charge in [0.05, 0.1) is 11.3 Å². The van der Waals surface area contributed by atoms with Crippen LogP contribution >= 0.6 is 0 Å². The Morgan fingerprint density at radius 2 is 2.00 bits per heavy atom. The highest BCUT2D eigenvalue weighted by Crippen LogP contribution is 2.13. The van der Waals surface area contributed by atoms with E-state index >= 15 is 0 Å². The monoisotopic (exact) mass is 269 g/mol. The molecule has 0 spiro atoms. The van der Waals surface area contributed by atoms with Crippen molar-refractivity contribution in [3.63, 3.8) is 0 Å². The number of hydrogen-bond donors (Lipinski definition) is 0. The van der Waals surface area contributed by atoms with Gasteiger partial charge in [-0.25, -0.2) is 12.8 Å². The van der Waals surface area contributed by atoms with Crippen LogP contribution in [0.2, 0.25) is 0 Å². The molecule has 4 nitrogen and oxygen atoms in total. The minimum Gasteiger partial charge on any atom is -0.350 e. The fourth-order valence-electron chi connectivity index (χ4n) is 1.91. The maximum atomic E-state index is 13.1.